The number of anilines is 1. The second-order valence-electron chi connectivity index (χ2n) is 5.03. The van der Waals surface area contributed by atoms with Crippen molar-refractivity contribution in [3.8, 4) is 0 Å². The fourth-order valence-corrected chi connectivity index (χ4v) is 2.10. The van der Waals surface area contributed by atoms with E-state index in [4.69, 9.17) is 0 Å². The molecule has 0 unspecified atom stereocenters. The van der Waals surface area contributed by atoms with Crippen LogP contribution in [-0.4, -0.2) is 25.5 Å². The van der Waals surface area contributed by atoms with Crippen LogP contribution in [0.15, 0.2) is 42.5 Å². The molecule has 0 saturated heterocycles. The molecule has 2 rings (SSSR count). The summed E-state index contributed by atoms with van der Waals surface area (Å²) < 4.78 is 26.6. The lowest BCUT2D eigenvalue weighted by molar-refractivity contribution is 0.0959. The average molecular weight is 333 g/mol. The largest absolute Gasteiger partial charge is 0.355 e. The first-order valence-corrected chi connectivity index (χ1v) is 7.30. The smallest absolute Gasteiger partial charge is 0.319 e. The lowest BCUT2D eigenvalue weighted by Crippen LogP contribution is -2.30. The molecule has 0 aromatic heterocycles. The van der Waals surface area contributed by atoms with Crippen LogP contribution in [0.25, 0.3) is 0 Å². The molecule has 0 radical (unpaired) electrons. The molecule has 2 aromatic carbocycles. The average Bonchev–Trinajstić information content (AvgIpc) is 2.56. The van der Waals surface area contributed by atoms with Crippen LogP contribution in [0.1, 0.15) is 15.9 Å². The fourth-order valence-electron chi connectivity index (χ4n) is 2.10. The lowest BCUT2D eigenvalue weighted by Gasteiger charge is -2.09. The molecule has 3 N–H and O–H groups in total. The van der Waals surface area contributed by atoms with Gasteiger partial charge in [-0.3, -0.25) is 4.79 Å². The van der Waals surface area contributed by atoms with Crippen molar-refractivity contribution < 1.29 is 18.4 Å². The van der Waals surface area contributed by atoms with Crippen LogP contribution in [0.4, 0.5) is 19.3 Å². The van der Waals surface area contributed by atoms with Gasteiger partial charge in [-0.1, -0.05) is 12.1 Å². The van der Waals surface area contributed by atoms with Crippen LogP contribution in [0.2, 0.25) is 0 Å². The number of nitrogens with one attached hydrogen (secondary N) is 3. The number of hydrogen-bond donors (Lipinski definition) is 3. The van der Waals surface area contributed by atoms with E-state index in [2.05, 4.69) is 16.0 Å². The first-order valence-electron chi connectivity index (χ1n) is 7.30. The Hall–Kier alpha value is -2.96. The Morgan fingerprint density at radius 3 is 2.58 bits per heavy atom. The second kappa shape index (κ2) is 8.05. The van der Waals surface area contributed by atoms with E-state index in [1.807, 2.05) is 0 Å². The minimum atomic E-state index is -0.675. The number of carbonyl (C=O) groups is 2. The summed E-state index contributed by atoms with van der Waals surface area (Å²) in [6.07, 6.45) is 0.470. The Kier molecular flexibility index (Phi) is 5.83. The number of benzene rings is 2. The predicted molar refractivity (Wildman–Crippen MR) is 86.9 cm³/mol. The Labute approximate surface area is 138 Å². The first kappa shape index (κ1) is 17.4. The molecule has 0 fully saturated rings. The zero-order valence-electron chi connectivity index (χ0n) is 13.0. The molecule has 0 aliphatic carbocycles. The number of urea groups is 1. The first-order chi connectivity index (χ1) is 11.5. The van der Waals surface area contributed by atoms with Gasteiger partial charge < -0.3 is 16.0 Å². The van der Waals surface area contributed by atoms with Crippen LogP contribution in [0.3, 0.4) is 0 Å². The third-order valence-corrected chi connectivity index (χ3v) is 3.28. The van der Waals surface area contributed by atoms with E-state index in [-0.39, 0.29) is 11.4 Å². The van der Waals surface area contributed by atoms with Gasteiger partial charge >= 0.3 is 6.03 Å². The topological polar surface area (TPSA) is 70.2 Å². The van der Waals surface area contributed by atoms with Crippen LogP contribution in [-0.2, 0) is 6.42 Å². The molecule has 0 spiro atoms. The van der Waals surface area contributed by atoms with Gasteiger partial charge in [-0.05, 0) is 42.3 Å². The highest BCUT2D eigenvalue weighted by Gasteiger charge is 2.12. The van der Waals surface area contributed by atoms with E-state index in [1.165, 1.54) is 31.3 Å². The summed E-state index contributed by atoms with van der Waals surface area (Å²) >= 11 is 0. The van der Waals surface area contributed by atoms with Crippen LogP contribution >= 0.6 is 0 Å². The molecule has 7 heteroatoms. The monoisotopic (exact) mass is 333 g/mol. The quantitative estimate of drug-likeness (QED) is 0.787. The van der Waals surface area contributed by atoms with E-state index in [1.54, 1.807) is 12.1 Å². The molecule has 0 atom stereocenters. The zero-order chi connectivity index (χ0) is 17.5. The van der Waals surface area contributed by atoms with Crippen molar-refractivity contribution in [3.05, 3.63) is 65.2 Å². The Bertz CT molecular complexity index is 750. The molecule has 0 saturated carbocycles. The Morgan fingerprint density at radius 1 is 1.08 bits per heavy atom. The standard InChI is InChI=1S/C17H17F2N3O2/c1-20-16(23)14-10-13(5-6-15(14)19)22-17(24)21-8-7-11-3-2-4-12(18)9-11/h2-6,9-10H,7-8H2,1H3,(H,20,23)(H2,21,22,24). The van der Waals surface area contributed by atoms with Crippen molar-refractivity contribution in [2.75, 3.05) is 18.9 Å². The predicted octanol–water partition coefficient (Wildman–Crippen LogP) is 2.69. The molecule has 0 heterocycles. The van der Waals surface area contributed by atoms with Crippen LogP contribution < -0.4 is 16.0 Å². The van der Waals surface area contributed by atoms with Crippen molar-refractivity contribution in [1.29, 1.82) is 0 Å². The molecule has 0 aliphatic heterocycles. The maximum absolute atomic E-state index is 13.5. The third kappa shape index (κ3) is 4.77. The normalized spacial score (nSPS) is 10.1. The fraction of sp³-hybridized carbons (Fsp3) is 0.176. The molecule has 0 aliphatic rings. The van der Waals surface area contributed by atoms with Crippen molar-refractivity contribution in [2.24, 2.45) is 0 Å². The van der Waals surface area contributed by atoms with E-state index in [0.717, 1.165) is 11.6 Å². The van der Waals surface area contributed by atoms with Gasteiger partial charge in [0.1, 0.15) is 11.6 Å². The van der Waals surface area contributed by atoms with Crippen molar-refractivity contribution in [1.82, 2.24) is 10.6 Å². The summed E-state index contributed by atoms with van der Waals surface area (Å²) in [5.41, 5.74) is 0.896. The Balaban J connectivity index is 1.89. The van der Waals surface area contributed by atoms with Crippen LogP contribution in [0.5, 0.6) is 0 Å². The van der Waals surface area contributed by atoms with E-state index < -0.39 is 17.8 Å². The summed E-state index contributed by atoms with van der Waals surface area (Å²) in [7, 11) is 1.39. The summed E-state index contributed by atoms with van der Waals surface area (Å²) in [5, 5.41) is 7.45. The zero-order valence-corrected chi connectivity index (χ0v) is 13.0. The van der Waals surface area contributed by atoms with Gasteiger partial charge in [-0.15, -0.1) is 0 Å². The maximum atomic E-state index is 13.5. The summed E-state index contributed by atoms with van der Waals surface area (Å²) in [5.74, 6) is -1.58. The minimum absolute atomic E-state index is 0.157. The van der Waals surface area contributed by atoms with Crippen molar-refractivity contribution in [3.63, 3.8) is 0 Å². The number of halogens is 2. The van der Waals surface area contributed by atoms with Crippen LogP contribution in [0, 0.1) is 11.6 Å². The van der Waals surface area contributed by atoms with E-state index in [9.17, 15) is 18.4 Å². The maximum Gasteiger partial charge on any atom is 0.319 e. The van der Waals surface area contributed by atoms with Gasteiger partial charge in [0.25, 0.3) is 5.91 Å². The van der Waals surface area contributed by atoms with Gasteiger partial charge in [0.05, 0.1) is 5.56 Å². The van der Waals surface area contributed by atoms with Gasteiger partial charge in [0.2, 0.25) is 0 Å². The summed E-state index contributed by atoms with van der Waals surface area (Å²) in [6, 6.07) is 9.32. The SMILES string of the molecule is CNC(=O)c1cc(NC(=O)NCCc2cccc(F)c2)ccc1F. The number of rotatable bonds is 5. The van der Waals surface area contributed by atoms with Crippen molar-refractivity contribution >= 4 is 17.6 Å². The van der Waals surface area contributed by atoms with Gasteiger partial charge in [0.15, 0.2) is 0 Å². The number of hydrogen-bond acceptors (Lipinski definition) is 2. The Morgan fingerprint density at radius 2 is 1.88 bits per heavy atom. The molecule has 24 heavy (non-hydrogen) atoms. The van der Waals surface area contributed by atoms with E-state index in [0.29, 0.717) is 18.7 Å². The summed E-state index contributed by atoms with van der Waals surface area (Å²) in [4.78, 5) is 23.3. The molecule has 3 amide bonds. The molecule has 5 nitrogen and oxygen atoms in total. The highest BCUT2D eigenvalue weighted by molar-refractivity contribution is 5.96. The molecule has 126 valence electrons. The van der Waals surface area contributed by atoms with Gasteiger partial charge in [-0.25, -0.2) is 13.6 Å². The highest BCUT2D eigenvalue weighted by atomic mass is 19.1. The highest BCUT2D eigenvalue weighted by Crippen LogP contribution is 2.14. The van der Waals surface area contributed by atoms with Gasteiger partial charge in [-0.2, -0.15) is 0 Å². The molecular formula is C17H17F2N3O2. The van der Waals surface area contributed by atoms with Gasteiger partial charge in [0, 0.05) is 19.3 Å². The lowest BCUT2D eigenvalue weighted by atomic mass is 10.1. The molecular weight excluding hydrogens is 316 g/mol. The summed E-state index contributed by atoms with van der Waals surface area (Å²) in [6.45, 7) is 0.304. The second-order valence-corrected chi connectivity index (χ2v) is 5.03. The third-order valence-electron chi connectivity index (χ3n) is 3.28. The molecule has 0 bridgehead atoms. The number of carbonyl (C=O) groups excluding carboxylic acids is 2. The minimum Gasteiger partial charge on any atom is -0.355 e. The van der Waals surface area contributed by atoms with Crippen molar-refractivity contribution in [2.45, 2.75) is 6.42 Å². The molecule has 2 aromatic rings. The van der Waals surface area contributed by atoms with E-state index >= 15 is 0 Å². The number of amides is 3.